The van der Waals surface area contributed by atoms with Crippen molar-refractivity contribution in [2.24, 2.45) is 5.41 Å². The summed E-state index contributed by atoms with van der Waals surface area (Å²) in [5.74, 6) is 0.163. The second-order valence-electron chi connectivity index (χ2n) is 5.07. The van der Waals surface area contributed by atoms with E-state index in [4.69, 9.17) is 5.73 Å². The molecule has 1 aliphatic rings. The van der Waals surface area contributed by atoms with Crippen molar-refractivity contribution in [2.45, 2.75) is 39.0 Å². The quantitative estimate of drug-likeness (QED) is 0.568. The van der Waals surface area contributed by atoms with Crippen LogP contribution in [0.25, 0.3) is 0 Å². The molecule has 0 saturated heterocycles. The highest BCUT2D eigenvalue weighted by molar-refractivity contribution is 5.98. The SMILES string of the molecule is CCC1(C(=O)Nc2ccc(O)cc2N)CCCC1. The minimum Gasteiger partial charge on any atom is -0.508 e. The van der Waals surface area contributed by atoms with Crippen LogP contribution >= 0.6 is 0 Å². The van der Waals surface area contributed by atoms with Gasteiger partial charge in [-0.1, -0.05) is 19.8 Å². The molecular weight excluding hydrogens is 228 g/mol. The molecule has 4 N–H and O–H groups in total. The topological polar surface area (TPSA) is 75.3 Å². The lowest BCUT2D eigenvalue weighted by Crippen LogP contribution is -2.33. The first kappa shape index (κ1) is 12.7. The van der Waals surface area contributed by atoms with Crippen molar-refractivity contribution in [3.63, 3.8) is 0 Å². The zero-order valence-electron chi connectivity index (χ0n) is 10.7. The minimum absolute atomic E-state index is 0.0555. The van der Waals surface area contributed by atoms with Crippen LogP contribution in [-0.4, -0.2) is 11.0 Å². The van der Waals surface area contributed by atoms with Crippen LogP contribution in [0.2, 0.25) is 0 Å². The van der Waals surface area contributed by atoms with Gasteiger partial charge in [-0.3, -0.25) is 4.79 Å². The first-order valence-corrected chi connectivity index (χ1v) is 6.47. The van der Waals surface area contributed by atoms with Crippen LogP contribution in [0.15, 0.2) is 18.2 Å². The van der Waals surface area contributed by atoms with Crippen molar-refractivity contribution in [3.8, 4) is 5.75 Å². The van der Waals surface area contributed by atoms with E-state index in [-0.39, 0.29) is 17.1 Å². The minimum atomic E-state index is -0.232. The Labute approximate surface area is 107 Å². The summed E-state index contributed by atoms with van der Waals surface area (Å²) in [4.78, 5) is 12.4. The predicted octanol–water partition coefficient (Wildman–Crippen LogP) is 2.88. The molecule has 0 unspecified atom stereocenters. The third-order valence-electron chi connectivity index (χ3n) is 4.00. The number of amides is 1. The molecule has 1 aromatic carbocycles. The lowest BCUT2D eigenvalue weighted by molar-refractivity contribution is -0.125. The summed E-state index contributed by atoms with van der Waals surface area (Å²) in [5.41, 5.74) is 6.52. The highest BCUT2D eigenvalue weighted by atomic mass is 16.3. The summed E-state index contributed by atoms with van der Waals surface area (Å²) in [6.07, 6.45) is 5.00. The van der Waals surface area contributed by atoms with Gasteiger partial charge < -0.3 is 16.2 Å². The van der Waals surface area contributed by atoms with Gasteiger partial charge >= 0.3 is 0 Å². The number of nitrogen functional groups attached to an aromatic ring is 1. The van der Waals surface area contributed by atoms with Gasteiger partial charge in [0.15, 0.2) is 0 Å². The van der Waals surface area contributed by atoms with Gasteiger partial charge in [0.1, 0.15) is 5.75 Å². The Kier molecular flexibility index (Phi) is 3.45. The van der Waals surface area contributed by atoms with Gasteiger partial charge in [-0.2, -0.15) is 0 Å². The van der Waals surface area contributed by atoms with Gasteiger partial charge in [-0.05, 0) is 31.4 Å². The largest absolute Gasteiger partial charge is 0.508 e. The van der Waals surface area contributed by atoms with E-state index in [9.17, 15) is 9.90 Å². The third-order valence-corrected chi connectivity index (χ3v) is 4.00. The number of hydrogen-bond donors (Lipinski definition) is 3. The van der Waals surface area contributed by atoms with Crippen LogP contribution in [0.1, 0.15) is 39.0 Å². The second kappa shape index (κ2) is 4.88. The highest BCUT2D eigenvalue weighted by Gasteiger charge is 2.39. The Balaban J connectivity index is 2.15. The number of hydrogen-bond acceptors (Lipinski definition) is 3. The van der Waals surface area contributed by atoms with E-state index in [0.29, 0.717) is 11.4 Å². The molecule has 1 aliphatic carbocycles. The average Bonchev–Trinajstić information content (AvgIpc) is 2.82. The first-order valence-electron chi connectivity index (χ1n) is 6.47. The number of carbonyl (C=O) groups is 1. The van der Waals surface area contributed by atoms with Gasteiger partial charge in [0, 0.05) is 11.5 Å². The summed E-state index contributed by atoms with van der Waals surface area (Å²) < 4.78 is 0. The van der Waals surface area contributed by atoms with Crippen molar-refractivity contribution in [2.75, 3.05) is 11.1 Å². The number of anilines is 2. The zero-order valence-corrected chi connectivity index (χ0v) is 10.7. The third kappa shape index (κ3) is 2.28. The Morgan fingerprint density at radius 2 is 2.11 bits per heavy atom. The zero-order chi connectivity index (χ0) is 13.2. The van der Waals surface area contributed by atoms with Crippen LogP contribution < -0.4 is 11.1 Å². The normalized spacial score (nSPS) is 17.6. The molecule has 0 atom stereocenters. The fourth-order valence-corrected chi connectivity index (χ4v) is 2.71. The molecule has 0 radical (unpaired) electrons. The summed E-state index contributed by atoms with van der Waals surface area (Å²) in [7, 11) is 0. The number of aromatic hydroxyl groups is 1. The standard InChI is InChI=1S/C14H20N2O2/c1-2-14(7-3-4-8-14)13(18)16-12-6-5-10(17)9-11(12)15/h5-6,9,17H,2-4,7-8,15H2,1H3,(H,16,18). The summed E-state index contributed by atoms with van der Waals surface area (Å²) in [6, 6.07) is 4.61. The van der Waals surface area contributed by atoms with E-state index < -0.39 is 0 Å². The fourth-order valence-electron chi connectivity index (χ4n) is 2.71. The molecule has 98 valence electrons. The monoisotopic (exact) mass is 248 g/mol. The molecule has 0 bridgehead atoms. The molecule has 18 heavy (non-hydrogen) atoms. The summed E-state index contributed by atoms with van der Waals surface area (Å²) in [5, 5.41) is 12.2. The molecule has 1 amide bonds. The average molecular weight is 248 g/mol. The molecule has 1 fully saturated rings. The van der Waals surface area contributed by atoms with Gasteiger partial charge in [-0.25, -0.2) is 0 Å². The number of nitrogens with one attached hydrogen (secondary N) is 1. The van der Waals surface area contributed by atoms with Crippen molar-refractivity contribution in [1.29, 1.82) is 0 Å². The second-order valence-corrected chi connectivity index (χ2v) is 5.07. The van der Waals surface area contributed by atoms with E-state index in [2.05, 4.69) is 12.2 Å². The van der Waals surface area contributed by atoms with E-state index >= 15 is 0 Å². The maximum Gasteiger partial charge on any atom is 0.230 e. The number of benzene rings is 1. The molecular formula is C14H20N2O2. The van der Waals surface area contributed by atoms with Gasteiger partial charge in [0.25, 0.3) is 0 Å². The number of nitrogens with two attached hydrogens (primary N) is 1. The summed E-state index contributed by atoms with van der Waals surface area (Å²) in [6.45, 7) is 2.06. The Morgan fingerprint density at radius 1 is 1.44 bits per heavy atom. The Bertz CT molecular complexity index is 451. The molecule has 0 aromatic heterocycles. The van der Waals surface area contributed by atoms with Gasteiger partial charge in [0.05, 0.1) is 11.4 Å². The number of phenolic OH excluding ortho intramolecular Hbond substituents is 1. The van der Waals surface area contributed by atoms with Crippen molar-refractivity contribution in [3.05, 3.63) is 18.2 Å². The molecule has 4 heteroatoms. The maximum atomic E-state index is 12.4. The summed E-state index contributed by atoms with van der Waals surface area (Å²) >= 11 is 0. The Morgan fingerprint density at radius 3 is 2.67 bits per heavy atom. The van der Waals surface area contributed by atoms with Gasteiger partial charge in [0.2, 0.25) is 5.91 Å². The van der Waals surface area contributed by atoms with Crippen molar-refractivity contribution < 1.29 is 9.90 Å². The van der Waals surface area contributed by atoms with E-state index in [0.717, 1.165) is 32.1 Å². The lowest BCUT2D eigenvalue weighted by Gasteiger charge is -2.26. The smallest absolute Gasteiger partial charge is 0.230 e. The number of carbonyl (C=O) groups excluding carboxylic acids is 1. The van der Waals surface area contributed by atoms with Crippen molar-refractivity contribution >= 4 is 17.3 Å². The van der Waals surface area contributed by atoms with Crippen LogP contribution in [-0.2, 0) is 4.79 Å². The number of rotatable bonds is 3. The van der Waals surface area contributed by atoms with Crippen LogP contribution in [0.4, 0.5) is 11.4 Å². The maximum absolute atomic E-state index is 12.4. The van der Waals surface area contributed by atoms with E-state index in [1.54, 1.807) is 6.07 Å². The molecule has 1 saturated carbocycles. The lowest BCUT2D eigenvalue weighted by atomic mass is 9.82. The van der Waals surface area contributed by atoms with Crippen LogP contribution in [0.5, 0.6) is 5.75 Å². The van der Waals surface area contributed by atoms with Crippen molar-refractivity contribution in [1.82, 2.24) is 0 Å². The van der Waals surface area contributed by atoms with Gasteiger partial charge in [-0.15, -0.1) is 0 Å². The molecule has 0 aliphatic heterocycles. The number of phenols is 1. The van der Waals surface area contributed by atoms with Crippen LogP contribution in [0.3, 0.4) is 0 Å². The van der Waals surface area contributed by atoms with Crippen LogP contribution in [0, 0.1) is 5.41 Å². The predicted molar refractivity (Wildman–Crippen MR) is 72.3 cm³/mol. The molecule has 0 heterocycles. The molecule has 1 aromatic rings. The fraction of sp³-hybridized carbons (Fsp3) is 0.500. The Hall–Kier alpha value is -1.71. The first-order chi connectivity index (χ1) is 8.57. The highest BCUT2D eigenvalue weighted by Crippen LogP contribution is 2.42. The molecule has 4 nitrogen and oxygen atoms in total. The van der Waals surface area contributed by atoms with E-state index in [1.165, 1.54) is 12.1 Å². The molecule has 0 spiro atoms. The van der Waals surface area contributed by atoms with E-state index in [1.807, 2.05) is 0 Å². The molecule has 2 rings (SSSR count).